The summed E-state index contributed by atoms with van der Waals surface area (Å²) in [4.78, 5) is 20.8. The molecule has 28 heavy (non-hydrogen) atoms. The number of nitrogens with one attached hydrogen (secondary N) is 1. The first-order valence-electron chi connectivity index (χ1n) is 10.1. The topological polar surface area (TPSA) is 57.2 Å². The van der Waals surface area contributed by atoms with Gasteiger partial charge in [-0.3, -0.25) is 4.79 Å². The fourth-order valence-electron chi connectivity index (χ4n) is 3.75. The number of amides is 1. The highest BCUT2D eigenvalue weighted by atomic mass is 127. The van der Waals surface area contributed by atoms with Crippen LogP contribution in [-0.4, -0.2) is 61.6 Å². The number of nitrogens with zero attached hydrogens (tertiary/aromatic N) is 3. The molecule has 0 radical (unpaired) electrons. The molecule has 1 aromatic carbocycles. The average Bonchev–Trinajstić information content (AvgIpc) is 3.31. The third-order valence-corrected chi connectivity index (χ3v) is 5.20. The number of ether oxygens (including phenoxy) is 1. The van der Waals surface area contributed by atoms with E-state index in [0.29, 0.717) is 25.4 Å². The first-order chi connectivity index (χ1) is 13.2. The molecule has 0 aliphatic carbocycles. The highest BCUT2D eigenvalue weighted by Crippen LogP contribution is 2.16. The van der Waals surface area contributed by atoms with Gasteiger partial charge in [0, 0.05) is 52.2 Å². The Bertz CT molecular complexity index is 662. The molecule has 2 heterocycles. The summed E-state index contributed by atoms with van der Waals surface area (Å²) in [6.07, 6.45) is 2.79. The number of rotatable bonds is 7. The Balaban J connectivity index is 0.00000280. The molecule has 3 rings (SSSR count). The van der Waals surface area contributed by atoms with Gasteiger partial charge >= 0.3 is 0 Å². The molecule has 1 aromatic rings. The van der Waals surface area contributed by atoms with Crippen LogP contribution >= 0.6 is 24.0 Å². The Hall–Kier alpha value is -1.35. The molecule has 7 heteroatoms. The van der Waals surface area contributed by atoms with Crippen molar-refractivity contribution in [2.45, 2.75) is 39.3 Å². The van der Waals surface area contributed by atoms with Crippen molar-refractivity contribution < 1.29 is 9.53 Å². The third-order valence-electron chi connectivity index (χ3n) is 5.20. The van der Waals surface area contributed by atoms with Crippen LogP contribution in [0.4, 0.5) is 0 Å². The standard InChI is InChI=1S/C21H32N4O2.HI/c1-3-22-21(24(2)14-19-9-11-27-16-19)23-13-17-6-4-7-18(12-17)15-25-10-5-8-20(25)26;/h4,6-7,12,19H,3,5,8-11,13-16H2,1-2H3,(H,22,23);1H. The molecule has 1 amide bonds. The van der Waals surface area contributed by atoms with Crippen molar-refractivity contribution in [1.82, 2.24) is 15.1 Å². The third kappa shape index (κ3) is 6.62. The van der Waals surface area contributed by atoms with Crippen molar-refractivity contribution in [3.63, 3.8) is 0 Å². The van der Waals surface area contributed by atoms with Gasteiger partial charge in [0.2, 0.25) is 5.91 Å². The van der Waals surface area contributed by atoms with E-state index in [4.69, 9.17) is 9.73 Å². The van der Waals surface area contributed by atoms with Crippen molar-refractivity contribution in [1.29, 1.82) is 0 Å². The maximum absolute atomic E-state index is 11.8. The number of hydrogen-bond acceptors (Lipinski definition) is 3. The zero-order valence-corrected chi connectivity index (χ0v) is 19.4. The lowest BCUT2D eigenvalue weighted by atomic mass is 10.1. The Morgan fingerprint density at radius 2 is 2.21 bits per heavy atom. The molecule has 156 valence electrons. The fraction of sp³-hybridized carbons (Fsp3) is 0.619. The van der Waals surface area contributed by atoms with Crippen molar-refractivity contribution in [2.75, 3.05) is 39.9 Å². The highest BCUT2D eigenvalue weighted by molar-refractivity contribution is 14.0. The fourth-order valence-corrected chi connectivity index (χ4v) is 3.75. The highest BCUT2D eigenvalue weighted by Gasteiger charge is 2.20. The molecular formula is C21H33IN4O2. The molecule has 2 fully saturated rings. The monoisotopic (exact) mass is 500 g/mol. The van der Waals surface area contributed by atoms with Crippen molar-refractivity contribution in [3.8, 4) is 0 Å². The molecule has 0 spiro atoms. The van der Waals surface area contributed by atoms with E-state index in [-0.39, 0.29) is 29.9 Å². The lowest BCUT2D eigenvalue weighted by Crippen LogP contribution is -2.41. The second-order valence-electron chi connectivity index (χ2n) is 7.52. The van der Waals surface area contributed by atoms with E-state index >= 15 is 0 Å². The van der Waals surface area contributed by atoms with E-state index in [0.717, 1.165) is 51.6 Å². The van der Waals surface area contributed by atoms with Gasteiger partial charge in [0.15, 0.2) is 5.96 Å². The normalized spacial score (nSPS) is 19.6. The lowest BCUT2D eigenvalue weighted by molar-refractivity contribution is -0.128. The van der Waals surface area contributed by atoms with Crippen LogP contribution in [0.25, 0.3) is 0 Å². The van der Waals surface area contributed by atoms with E-state index < -0.39 is 0 Å². The summed E-state index contributed by atoms with van der Waals surface area (Å²) >= 11 is 0. The number of likely N-dealkylation sites (tertiary alicyclic amines) is 1. The number of carbonyl (C=O) groups excluding carboxylic acids is 1. The van der Waals surface area contributed by atoms with Crippen molar-refractivity contribution >= 4 is 35.8 Å². The molecule has 0 aromatic heterocycles. The quantitative estimate of drug-likeness (QED) is 0.356. The van der Waals surface area contributed by atoms with Gasteiger partial charge in [0.25, 0.3) is 0 Å². The number of benzene rings is 1. The predicted molar refractivity (Wildman–Crippen MR) is 123 cm³/mol. The van der Waals surface area contributed by atoms with E-state index in [9.17, 15) is 4.79 Å². The molecular weight excluding hydrogens is 467 g/mol. The SMILES string of the molecule is CCNC(=NCc1cccc(CN2CCCC2=O)c1)N(C)CC1CCOC1.I. The van der Waals surface area contributed by atoms with E-state index in [1.807, 2.05) is 4.90 Å². The summed E-state index contributed by atoms with van der Waals surface area (Å²) in [5.41, 5.74) is 2.35. The maximum Gasteiger partial charge on any atom is 0.222 e. The Kier molecular flexibility index (Phi) is 9.50. The van der Waals surface area contributed by atoms with Crippen molar-refractivity contribution in [2.24, 2.45) is 10.9 Å². The molecule has 0 bridgehead atoms. The number of guanidine groups is 1. The van der Waals surface area contributed by atoms with Gasteiger partial charge in [0.05, 0.1) is 13.2 Å². The van der Waals surface area contributed by atoms with Crippen LogP contribution in [-0.2, 0) is 22.6 Å². The molecule has 2 saturated heterocycles. The second kappa shape index (κ2) is 11.6. The Morgan fingerprint density at radius 1 is 1.39 bits per heavy atom. The predicted octanol–water partition coefficient (Wildman–Crippen LogP) is 2.86. The summed E-state index contributed by atoms with van der Waals surface area (Å²) in [5, 5.41) is 3.39. The van der Waals surface area contributed by atoms with Gasteiger partial charge in [-0.05, 0) is 30.9 Å². The minimum atomic E-state index is 0. The maximum atomic E-state index is 11.8. The number of aliphatic imine (C=N–C) groups is 1. The molecule has 1 unspecified atom stereocenters. The van der Waals surface area contributed by atoms with Crippen LogP contribution in [0, 0.1) is 5.92 Å². The zero-order valence-electron chi connectivity index (χ0n) is 17.0. The smallest absolute Gasteiger partial charge is 0.222 e. The van der Waals surface area contributed by atoms with E-state index in [2.05, 4.69) is 48.5 Å². The summed E-state index contributed by atoms with van der Waals surface area (Å²) in [6, 6.07) is 8.43. The number of halogens is 1. The Labute approximate surface area is 185 Å². The molecule has 1 atom stereocenters. The lowest BCUT2D eigenvalue weighted by Gasteiger charge is -2.24. The molecule has 6 nitrogen and oxygen atoms in total. The van der Waals surface area contributed by atoms with Crippen LogP contribution in [0.1, 0.15) is 37.3 Å². The molecule has 2 aliphatic rings. The first-order valence-corrected chi connectivity index (χ1v) is 10.1. The van der Waals surface area contributed by atoms with Crippen LogP contribution in [0.5, 0.6) is 0 Å². The Morgan fingerprint density at radius 3 is 2.89 bits per heavy atom. The summed E-state index contributed by atoms with van der Waals surface area (Å²) in [7, 11) is 2.09. The van der Waals surface area contributed by atoms with Gasteiger partial charge in [-0.1, -0.05) is 24.3 Å². The van der Waals surface area contributed by atoms with Crippen LogP contribution in [0.3, 0.4) is 0 Å². The van der Waals surface area contributed by atoms with Crippen molar-refractivity contribution in [3.05, 3.63) is 35.4 Å². The zero-order chi connectivity index (χ0) is 19.1. The van der Waals surface area contributed by atoms with E-state index in [1.54, 1.807) is 0 Å². The molecule has 0 saturated carbocycles. The minimum absolute atomic E-state index is 0. The second-order valence-corrected chi connectivity index (χ2v) is 7.52. The summed E-state index contributed by atoms with van der Waals surface area (Å²) < 4.78 is 5.49. The van der Waals surface area contributed by atoms with Gasteiger partial charge < -0.3 is 19.9 Å². The van der Waals surface area contributed by atoms with Crippen LogP contribution < -0.4 is 5.32 Å². The molecule has 1 N–H and O–H groups in total. The molecule has 2 aliphatic heterocycles. The van der Waals surface area contributed by atoms with Crippen LogP contribution in [0.15, 0.2) is 29.3 Å². The largest absolute Gasteiger partial charge is 0.381 e. The van der Waals surface area contributed by atoms with Gasteiger partial charge in [-0.2, -0.15) is 0 Å². The van der Waals surface area contributed by atoms with Gasteiger partial charge in [-0.15, -0.1) is 24.0 Å². The minimum Gasteiger partial charge on any atom is -0.381 e. The number of carbonyl (C=O) groups is 1. The van der Waals surface area contributed by atoms with E-state index in [1.165, 1.54) is 11.1 Å². The summed E-state index contributed by atoms with van der Waals surface area (Å²) in [5.74, 6) is 1.79. The number of hydrogen-bond donors (Lipinski definition) is 1. The summed E-state index contributed by atoms with van der Waals surface area (Å²) in [6.45, 7) is 7.84. The van der Waals surface area contributed by atoms with Gasteiger partial charge in [-0.25, -0.2) is 4.99 Å². The van der Waals surface area contributed by atoms with Crippen LogP contribution in [0.2, 0.25) is 0 Å². The first kappa shape index (κ1) is 22.9. The average molecular weight is 500 g/mol. The van der Waals surface area contributed by atoms with Gasteiger partial charge in [0.1, 0.15) is 0 Å².